The summed E-state index contributed by atoms with van der Waals surface area (Å²) >= 11 is 0. The van der Waals surface area contributed by atoms with E-state index < -0.39 is 0 Å². The Bertz CT molecular complexity index is 543. The zero-order valence-electron chi connectivity index (χ0n) is 13.3. The topological polar surface area (TPSA) is 43.8 Å². The largest absolute Gasteiger partial charge is 0.384 e. The molecular formula is C18H27N3. The molecule has 0 saturated heterocycles. The van der Waals surface area contributed by atoms with Crippen molar-refractivity contribution in [3.63, 3.8) is 0 Å². The molecule has 0 unspecified atom stereocenters. The van der Waals surface area contributed by atoms with Crippen molar-refractivity contribution in [2.24, 2.45) is 0 Å². The Morgan fingerprint density at radius 2 is 1.76 bits per heavy atom. The molecule has 0 spiro atoms. The average Bonchev–Trinajstić information content (AvgIpc) is 2.78. The zero-order valence-corrected chi connectivity index (χ0v) is 13.3. The highest BCUT2D eigenvalue weighted by atomic mass is 15.1. The normalized spacial score (nSPS) is 11.0. The van der Waals surface area contributed by atoms with E-state index in [-0.39, 0.29) is 0 Å². The summed E-state index contributed by atoms with van der Waals surface area (Å²) in [6.07, 6.45) is 6.73. The number of imidazole rings is 1. The third-order valence-corrected chi connectivity index (χ3v) is 3.84. The number of nitrogens with two attached hydrogens (primary N) is 1. The van der Waals surface area contributed by atoms with Crippen LogP contribution in [0.5, 0.6) is 0 Å². The SMILES string of the molecule is CCCCCc1nc(CCC)n(Cc2ccccc2)c1N. The maximum absolute atomic E-state index is 6.36. The fourth-order valence-electron chi connectivity index (χ4n) is 2.65. The monoisotopic (exact) mass is 285 g/mol. The number of hydrogen-bond acceptors (Lipinski definition) is 2. The van der Waals surface area contributed by atoms with Gasteiger partial charge in [0.2, 0.25) is 0 Å². The van der Waals surface area contributed by atoms with Crippen molar-refractivity contribution in [1.29, 1.82) is 0 Å². The molecule has 3 nitrogen and oxygen atoms in total. The lowest BCUT2D eigenvalue weighted by atomic mass is 10.1. The van der Waals surface area contributed by atoms with E-state index in [0.717, 1.165) is 43.1 Å². The van der Waals surface area contributed by atoms with E-state index in [0.29, 0.717) is 0 Å². The second-order valence-electron chi connectivity index (χ2n) is 5.64. The fourth-order valence-corrected chi connectivity index (χ4v) is 2.65. The van der Waals surface area contributed by atoms with Crippen molar-refractivity contribution in [2.45, 2.75) is 58.9 Å². The molecule has 0 amide bonds. The van der Waals surface area contributed by atoms with E-state index in [9.17, 15) is 0 Å². The molecule has 0 radical (unpaired) electrons. The predicted octanol–water partition coefficient (Wildman–Crippen LogP) is 4.20. The van der Waals surface area contributed by atoms with Crippen LogP contribution in [0.3, 0.4) is 0 Å². The molecule has 1 heterocycles. The molecule has 2 rings (SSSR count). The summed E-state index contributed by atoms with van der Waals surface area (Å²) in [5, 5.41) is 0. The Morgan fingerprint density at radius 1 is 1.00 bits per heavy atom. The predicted molar refractivity (Wildman–Crippen MR) is 89.4 cm³/mol. The molecule has 114 valence electrons. The molecule has 0 bridgehead atoms. The van der Waals surface area contributed by atoms with Crippen LogP contribution in [0.4, 0.5) is 5.82 Å². The number of hydrogen-bond donors (Lipinski definition) is 1. The number of anilines is 1. The van der Waals surface area contributed by atoms with E-state index in [1.54, 1.807) is 0 Å². The highest BCUT2D eigenvalue weighted by Gasteiger charge is 2.14. The third kappa shape index (κ3) is 4.10. The minimum absolute atomic E-state index is 0.822. The minimum atomic E-state index is 0.822. The summed E-state index contributed by atoms with van der Waals surface area (Å²) in [6.45, 7) is 5.23. The van der Waals surface area contributed by atoms with Crippen LogP contribution in [0.15, 0.2) is 30.3 Å². The number of rotatable bonds is 8. The van der Waals surface area contributed by atoms with Gasteiger partial charge in [-0.05, 0) is 24.8 Å². The number of nitrogens with zero attached hydrogens (tertiary/aromatic N) is 2. The van der Waals surface area contributed by atoms with Gasteiger partial charge in [0.25, 0.3) is 0 Å². The van der Waals surface area contributed by atoms with Crippen LogP contribution in [0.25, 0.3) is 0 Å². The van der Waals surface area contributed by atoms with Crippen LogP contribution in [0.1, 0.15) is 56.6 Å². The van der Waals surface area contributed by atoms with Gasteiger partial charge in [-0.15, -0.1) is 0 Å². The van der Waals surface area contributed by atoms with Crippen LogP contribution >= 0.6 is 0 Å². The number of aromatic nitrogens is 2. The molecule has 0 fully saturated rings. The molecule has 0 saturated carbocycles. The van der Waals surface area contributed by atoms with Crippen molar-refractivity contribution in [2.75, 3.05) is 5.73 Å². The second-order valence-corrected chi connectivity index (χ2v) is 5.64. The van der Waals surface area contributed by atoms with Gasteiger partial charge in [0.05, 0.1) is 12.2 Å². The van der Waals surface area contributed by atoms with Crippen molar-refractivity contribution >= 4 is 5.82 Å². The fraction of sp³-hybridized carbons (Fsp3) is 0.500. The van der Waals surface area contributed by atoms with Gasteiger partial charge in [0, 0.05) is 6.42 Å². The van der Waals surface area contributed by atoms with Gasteiger partial charge < -0.3 is 10.3 Å². The lowest BCUT2D eigenvalue weighted by molar-refractivity contribution is 0.705. The van der Waals surface area contributed by atoms with Gasteiger partial charge in [-0.2, -0.15) is 0 Å². The molecule has 1 aromatic carbocycles. The summed E-state index contributed by atoms with van der Waals surface area (Å²) in [5.41, 5.74) is 8.73. The first kappa shape index (κ1) is 15.6. The molecule has 2 N–H and O–H groups in total. The van der Waals surface area contributed by atoms with Crippen LogP contribution < -0.4 is 5.73 Å². The average molecular weight is 285 g/mol. The Hall–Kier alpha value is -1.77. The summed E-state index contributed by atoms with van der Waals surface area (Å²) in [7, 11) is 0. The van der Waals surface area contributed by atoms with Crippen molar-refractivity contribution < 1.29 is 0 Å². The lowest BCUT2D eigenvalue weighted by Crippen LogP contribution is -2.08. The molecule has 0 aliphatic heterocycles. The van der Waals surface area contributed by atoms with E-state index in [2.05, 4.69) is 42.7 Å². The summed E-state index contributed by atoms with van der Waals surface area (Å²) in [5.74, 6) is 1.99. The van der Waals surface area contributed by atoms with E-state index in [1.807, 2.05) is 6.07 Å². The highest BCUT2D eigenvalue weighted by molar-refractivity contribution is 5.39. The maximum Gasteiger partial charge on any atom is 0.127 e. The first-order valence-electron chi connectivity index (χ1n) is 8.13. The highest BCUT2D eigenvalue weighted by Crippen LogP contribution is 2.20. The smallest absolute Gasteiger partial charge is 0.127 e. The van der Waals surface area contributed by atoms with Crippen molar-refractivity contribution in [3.05, 3.63) is 47.4 Å². The summed E-state index contributed by atoms with van der Waals surface area (Å²) in [4.78, 5) is 4.81. The van der Waals surface area contributed by atoms with Crippen molar-refractivity contribution in [3.8, 4) is 0 Å². The standard InChI is InChI=1S/C18H27N3/c1-3-5-7-13-16-18(19)21(17(20-16)10-4-2)14-15-11-8-6-9-12-15/h6,8-9,11-12H,3-5,7,10,13-14,19H2,1-2H3. The number of unbranched alkanes of at least 4 members (excludes halogenated alkanes) is 2. The Labute approximate surface area is 128 Å². The lowest BCUT2D eigenvalue weighted by Gasteiger charge is -2.09. The van der Waals surface area contributed by atoms with Gasteiger partial charge in [0.1, 0.15) is 11.6 Å². The van der Waals surface area contributed by atoms with Crippen LogP contribution in [-0.4, -0.2) is 9.55 Å². The molecule has 0 aliphatic rings. The van der Waals surface area contributed by atoms with Gasteiger partial charge in [-0.25, -0.2) is 4.98 Å². The molecule has 21 heavy (non-hydrogen) atoms. The Balaban J connectivity index is 2.20. The Morgan fingerprint density at radius 3 is 2.43 bits per heavy atom. The van der Waals surface area contributed by atoms with E-state index in [1.165, 1.54) is 24.8 Å². The first-order valence-corrected chi connectivity index (χ1v) is 8.13. The van der Waals surface area contributed by atoms with Crippen molar-refractivity contribution in [1.82, 2.24) is 9.55 Å². The molecule has 2 aromatic rings. The maximum atomic E-state index is 6.36. The van der Waals surface area contributed by atoms with Gasteiger partial charge in [0.15, 0.2) is 0 Å². The second kappa shape index (κ2) is 7.87. The third-order valence-electron chi connectivity index (χ3n) is 3.84. The molecular weight excluding hydrogens is 258 g/mol. The molecule has 0 atom stereocenters. The molecule has 0 aliphatic carbocycles. The van der Waals surface area contributed by atoms with Gasteiger partial charge in [-0.3, -0.25) is 0 Å². The number of nitrogen functional groups attached to an aromatic ring is 1. The number of aryl methyl sites for hydroxylation is 2. The molecule has 1 aromatic heterocycles. The summed E-state index contributed by atoms with van der Waals surface area (Å²) < 4.78 is 2.19. The van der Waals surface area contributed by atoms with Crippen LogP contribution in [0, 0.1) is 0 Å². The number of benzene rings is 1. The van der Waals surface area contributed by atoms with Crippen LogP contribution in [-0.2, 0) is 19.4 Å². The summed E-state index contributed by atoms with van der Waals surface area (Å²) in [6, 6.07) is 10.5. The zero-order chi connectivity index (χ0) is 15.1. The van der Waals surface area contributed by atoms with E-state index in [4.69, 9.17) is 10.7 Å². The van der Waals surface area contributed by atoms with E-state index >= 15 is 0 Å². The Kier molecular flexibility index (Phi) is 5.85. The first-order chi connectivity index (χ1) is 10.3. The van der Waals surface area contributed by atoms with Gasteiger partial charge in [-0.1, -0.05) is 57.0 Å². The molecule has 3 heteroatoms. The van der Waals surface area contributed by atoms with Gasteiger partial charge >= 0.3 is 0 Å². The quantitative estimate of drug-likeness (QED) is 0.739. The minimum Gasteiger partial charge on any atom is -0.384 e. The van der Waals surface area contributed by atoms with Crippen LogP contribution in [0.2, 0.25) is 0 Å².